The lowest BCUT2D eigenvalue weighted by atomic mass is 9.97. The predicted octanol–water partition coefficient (Wildman–Crippen LogP) is 2.47. The molecule has 1 spiro atoms. The van der Waals surface area contributed by atoms with E-state index in [1.807, 2.05) is 19.1 Å². The zero-order valence-corrected chi connectivity index (χ0v) is 14.5. The molecule has 1 saturated heterocycles. The number of fused-ring (bicyclic) bond motifs is 1. The fraction of sp³-hybridized carbons (Fsp3) is 0.526. The first-order valence-corrected chi connectivity index (χ1v) is 9.15. The van der Waals surface area contributed by atoms with E-state index in [1.165, 1.54) is 6.42 Å². The molecule has 1 aliphatic carbocycles. The van der Waals surface area contributed by atoms with Crippen molar-refractivity contribution in [2.45, 2.75) is 44.6 Å². The minimum absolute atomic E-state index is 0.00297. The molecule has 0 bridgehead atoms. The third-order valence-electron chi connectivity index (χ3n) is 5.76. The third kappa shape index (κ3) is 2.79. The molecule has 2 amide bonds. The van der Waals surface area contributed by atoms with Gasteiger partial charge in [-0.05, 0) is 37.8 Å². The van der Waals surface area contributed by atoms with Crippen molar-refractivity contribution in [1.82, 2.24) is 20.2 Å². The molecule has 25 heavy (non-hydrogen) atoms. The summed E-state index contributed by atoms with van der Waals surface area (Å²) < 4.78 is 0. The molecule has 132 valence electrons. The van der Waals surface area contributed by atoms with E-state index in [0.29, 0.717) is 24.6 Å². The van der Waals surface area contributed by atoms with E-state index in [-0.39, 0.29) is 17.4 Å². The van der Waals surface area contributed by atoms with Crippen molar-refractivity contribution in [3.05, 3.63) is 30.2 Å². The molecule has 1 saturated carbocycles. The maximum atomic E-state index is 12.4. The summed E-state index contributed by atoms with van der Waals surface area (Å²) >= 11 is 0. The molecule has 3 heterocycles. The largest absolute Gasteiger partial charge is 0.350 e. The highest BCUT2D eigenvalue weighted by atomic mass is 16.2. The van der Waals surface area contributed by atoms with E-state index in [9.17, 15) is 9.59 Å². The van der Waals surface area contributed by atoms with Gasteiger partial charge in [0.15, 0.2) is 0 Å². The molecule has 1 aliphatic heterocycles. The number of hydrogen-bond acceptors (Lipinski definition) is 3. The molecular weight excluding hydrogens is 316 g/mol. The van der Waals surface area contributed by atoms with Gasteiger partial charge in [0.25, 0.3) is 5.91 Å². The lowest BCUT2D eigenvalue weighted by Gasteiger charge is -2.37. The Kier molecular flexibility index (Phi) is 3.98. The fourth-order valence-corrected chi connectivity index (χ4v) is 4.29. The van der Waals surface area contributed by atoms with Crippen LogP contribution in [-0.4, -0.2) is 45.3 Å². The van der Waals surface area contributed by atoms with Gasteiger partial charge < -0.3 is 15.2 Å². The lowest BCUT2D eigenvalue weighted by molar-refractivity contribution is -0.136. The van der Waals surface area contributed by atoms with Crippen molar-refractivity contribution in [3.8, 4) is 0 Å². The summed E-state index contributed by atoms with van der Waals surface area (Å²) in [5, 5.41) is 3.98. The van der Waals surface area contributed by atoms with Gasteiger partial charge in [-0.2, -0.15) is 0 Å². The highest BCUT2D eigenvalue weighted by Gasteiger charge is 2.59. The van der Waals surface area contributed by atoms with Gasteiger partial charge >= 0.3 is 0 Å². The molecule has 2 atom stereocenters. The summed E-state index contributed by atoms with van der Waals surface area (Å²) in [5.41, 5.74) is 1.47. The number of nitrogens with zero attached hydrogens (tertiary/aromatic N) is 2. The number of pyridine rings is 1. The second-order valence-electron chi connectivity index (χ2n) is 7.22. The molecular formula is C19H24N4O2. The highest BCUT2D eigenvalue weighted by Crippen LogP contribution is 2.53. The van der Waals surface area contributed by atoms with E-state index in [0.717, 1.165) is 36.7 Å². The van der Waals surface area contributed by atoms with Crippen LogP contribution in [0.5, 0.6) is 0 Å². The molecule has 4 rings (SSSR count). The van der Waals surface area contributed by atoms with Crippen LogP contribution in [0.2, 0.25) is 0 Å². The van der Waals surface area contributed by atoms with Crippen LogP contribution < -0.4 is 5.32 Å². The van der Waals surface area contributed by atoms with E-state index in [4.69, 9.17) is 0 Å². The van der Waals surface area contributed by atoms with Gasteiger partial charge in [-0.15, -0.1) is 0 Å². The molecule has 2 N–H and O–H groups in total. The quantitative estimate of drug-likeness (QED) is 0.897. The fourth-order valence-electron chi connectivity index (χ4n) is 4.29. The van der Waals surface area contributed by atoms with Crippen molar-refractivity contribution >= 4 is 22.7 Å². The molecule has 0 aromatic carbocycles. The van der Waals surface area contributed by atoms with Crippen LogP contribution in [0.15, 0.2) is 24.5 Å². The normalized spacial score (nSPS) is 25.3. The molecule has 2 aliphatic rings. The molecule has 2 aromatic heterocycles. The van der Waals surface area contributed by atoms with Crippen LogP contribution >= 0.6 is 0 Å². The Bertz CT molecular complexity index is 782. The number of piperidine rings is 1. The van der Waals surface area contributed by atoms with E-state index >= 15 is 0 Å². The summed E-state index contributed by atoms with van der Waals surface area (Å²) in [6, 6.07) is 3.69. The first kappa shape index (κ1) is 16.1. The van der Waals surface area contributed by atoms with Gasteiger partial charge in [-0.25, -0.2) is 0 Å². The van der Waals surface area contributed by atoms with Gasteiger partial charge in [0.05, 0.1) is 0 Å². The van der Waals surface area contributed by atoms with Crippen molar-refractivity contribution in [2.75, 3.05) is 13.1 Å². The van der Waals surface area contributed by atoms with Crippen LogP contribution in [0.3, 0.4) is 0 Å². The molecule has 2 unspecified atom stereocenters. The van der Waals surface area contributed by atoms with Gasteiger partial charge in [0, 0.05) is 54.3 Å². The summed E-state index contributed by atoms with van der Waals surface area (Å²) in [5.74, 6) is 0.525. The second-order valence-corrected chi connectivity index (χ2v) is 7.22. The second kappa shape index (κ2) is 6.17. The Morgan fingerprint density at radius 3 is 3.12 bits per heavy atom. The average molecular weight is 340 g/mol. The van der Waals surface area contributed by atoms with Gasteiger partial charge in [0.1, 0.15) is 5.69 Å². The van der Waals surface area contributed by atoms with Crippen LogP contribution in [0.25, 0.3) is 10.9 Å². The number of carbonyl (C=O) groups excluding carboxylic acids is 2. The van der Waals surface area contributed by atoms with Crippen molar-refractivity contribution < 1.29 is 9.59 Å². The number of likely N-dealkylation sites (tertiary alicyclic amines) is 1. The maximum Gasteiger partial charge on any atom is 0.267 e. The Labute approximate surface area is 147 Å². The van der Waals surface area contributed by atoms with Crippen LogP contribution in [0.4, 0.5) is 0 Å². The summed E-state index contributed by atoms with van der Waals surface area (Å²) in [7, 11) is 0. The third-order valence-corrected chi connectivity index (χ3v) is 5.76. The number of H-pyrrole nitrogens is 1. The number of amides is 2. The Hall–Kier alpha value is -2.37. The molecule has 0 radical (unpaired) electrons. The number of aromatic nitrogens is 2. The van der Waals surface area contributed by atoms with Crippen LogP contribution in [0, 0.1) is 5.92 Å². The van der Waals surface area contributed by atoms with Gasteiger partial charge in [-0.3, -0.25) is 14.6 Å². The highest BCUT2D eigenvalue weighted by molar-refractivity contribution is 5.97. The Morgan fingerprint density at radius 1 is 1.44 bits per heavy atom. The van der Waals surface area contributed by atoms with Crippen molar-refractivity contribution in [3.63, 3.8) is 0 Å². The summed E-state index contributed by atoms with van der Waals surface area (Å²) in [6.45, 7) is 3.42. The Morgan fingerprint density at radius 2 is 2.32 bits per heavy atom. The van der Waals surface area contributed by atoms with E-state index in [2.05, 4.69) is 20.2 Å². The minimum Gasteiger partial charge on any atom is -0.350 e. The number of nitrogens with one attached hydrogen (secondary N) is 2. The number of aromatic amines is 1. The summed E-state index contributed by atoms with van der Waals surface area (Å²) in [6.07, 6.45) is 8.35. The van der Waals surface area contributed by atoms with E-state index in [1.54, 1.807) is 12.4 Å². The summed E-state index contributed by atoms with van der Waals surface area (Å²) in [4.78, 5) is 34.0. The van der Waals surface area contributed by atoms with Crippen LogP contribution in [-0.2, 0) is 4.79 Å². The first-order chi connectivity index (χ1) is 12.1. The minimum atomic E-state index is -0.0950. The van der Waals surface area contributed by atoms with Gasteiger partial charge in [-0.1, -0.05) is 6.92 Å². The SMILES string of the molecule is CCC(=O)N1CCCCC12CC2CNC(=O)c1cc2cnccc2[nH]1. The van der Waals surface area contributed by atoms with Crippen molar-refractivity contribution in [2.24, 2.45) is 5.92 Å². The zero-order chi connectivity index (χ0) is 17.4. The number of hydrogen-bond donors (Lipinski definition) is 2. The number of rotatable bonds is 4. The standard InChI is InChI=1S/C19H24N4O2/c1-2-17(24)23-8-4-3-6-19(23)10-14(19)12-21-18(25)16-9-13-11-20-7-5-15(13)22-16/h5,7,9,11,14,22H,2-4,6,8,10,12H2,1H3,(H,21,25). The first-order valence-electron chi connectivity index (χ1n) is 9.15. The Balaban J connectivity index is 1.40. The maximum absolute atomic E-state index is 12.4. The van der Waals surface area contributed by atoms with E-state index < -0.39 is 0 Å². The van der Waals surface area contributed by atoms with Crippen molar-refractivity contribution in [1.29, 1.82) is 0 Å². The predicted molar refractivity (Wildman–Crippen MR) is 95.1 cm³/mol. The topological polar surface area (TPSA) is 78.1 Å². The molecule has 2 aromatic rings. The molecule has 2 fully saturated rings. The monoisotopic (exact) mass is 340 g/mol. The van der Waals surface area contributed by atoms with Crippen LogP contribution in [0.1, 0.15) is 49.5 Å². The average Bonchev–Trinajstić information content (AvgIpc) is 3.13. The number of carbonyl (C=O) groups is 2. The zero-order valence-electron chi connectivity index (χ0n) is 14.5. The lowest BCUT2D eigenvalue weighted by Crippen LogP contribution is -2.47. The van der Waals surface area contributed by atoms with Gasteiger partial charge in [0.2, 0.25) is 5.91 Å². The smallest absolute Gasteiger partial charge is 0.267 e. The molecule has 6 heteroatoms. The molecule has 6 nitrogen and oxygen atoms in total.